The van der Waals surface area contributed by atoms with Gasteiger partial charge in [-0.15, -0.1) is 0 Å². The summed E-state index contributed by atoms with van der Waals surface area (Å²) in [6.45, 7) is 7.10. The molecule has 0 aromatic heterocycles. The number of carbonyl (C=O) groups excluding carboxylic acids is 1. The van der Waals surface area contributed by atoms with Crippen molar-refractivity contribution in [3.05, 3.63) is 41.2 Å². The van der Waals surface area contributed by atoms with Crippen molar-refractivity contribution < 1.29 is 13.9 Å². The van der Waals surface area contributed by atoms with Crippen molar-refractivity contribution in [2.45, 2.75) is 33.3 Å². The molecule has 0 saturated carbocycles. The summed E-state index contributed by atoms with van der Waals surface area (Å²) in [4.78, 5) is 11.8. The van der Waals surface area contributed by atoms with Gasteiger partial charge in [-0.25, -0.2) is 9.18 Å². The minimum absolute atomic E-state index is 0.0319. The van der Waals surface area contributed by atoms with Crippen molar-refractivity contribution in [2.24, 2.45) is 0 Å². The Hall–Kier alpha value is -1.64. The van der Waals surface area contributed by atoms with Crippen LogP contribution in [0.15, 0.2) is 24.3 Å². The fourth-order valence-corrected chi connectivity index (χ4v) is 1.33. The fourth-order valence-electron chi connectivity index (χ4n) is 1.33. The second-order valence-corrected chi connectivity index (χ2v) is 4.74. The molecule has 0 N–H and O–H groups in total. The lowest BCUT2D eigenvalue weighted by atomic mass is 10.1. The van der Waals surface area contributed by atoms with Crippen molar-refractivity contribution in [3.63, 3.8) is 0 Å². The highest BCUT2D eigenvalue weighted by Crippen LogP contribution is 2.17. The summed E-state index contributed by atoms with van der Waals surface area (Å²) in [5.41, 5.74) is 0.116. The minimum Gasteiger partial charge on any atom is -0.456 e. The molecule has 0 unspecified atom stereocenters. The maximum Gasteiger partial charge on any atom is 0.341 e. The van der Waals surface area contributed by atoms with Crippen LogP contribution in [0.1, 0.15) is 43.6 Å². The van der Waals surface area contributed by atoms with Gasteiger partial charge >= 0.3 is 5.97 Å². The van der Waals surface area contributed by atoms with E-state index < -0.39 is 17.4 Å². The first-order chi connectivity index (χ1) is 7.83. The second-order valence-electron chi connectivity index (χ2n) is 4.74. The molecule has 0 aliphatic carbocycles. The van der Waals surface area contributed by atoms with Gasteiger partial charge in [0.1, 0.15) is 11.4 Å². The van der Waals surface area contributed by atoms with Crippen LogP contribution in [0.25, 0.3) is 6.08 Å². The van der Waals surface area contributed by atoms with Gasteiger partial charge in [0, 0.05) is 0 Å². The highest BCUT2D eigenvalue weighted by Gasteiger charge is 2.20. The number of halogens is 1. The topological polar surface area (TPSA) is 26.3 Å². The Bertz CT molecular complexity index is 442. The smallest absolute Gasteiger partial charge is 0.341 e. The minimum atomic E-state index is -0.638. The van der Waals surface area contributed by atoms with E-state index in [-0.39, 0.29) is 5.56 Å². The van der Waals surface area contributed by atoms with Crippen LogP contribution in [0.4, 0.5) is 4.39 Å². The second kappa shape index (κ2) is 5.13. The lowest BCUT2D eigenvalue weighted by Crippen LogP contribution is -2.24. The Kier molecular flexibility index (Phi) is 4.05. The van der Waals surface area contributed by atoms with Crippen molar-refractivity contribution in [1.29, 1.82) is 0 Å². The van der Waals surface area contributed by atoms with E-state index in [0.717, 1.165) is 5.56 Å². The van der Waals surface area contributed by atoms with Crippen LogP contribution in [0.3, 0.4) is 0 Å². The van der Waals surface area contributed by atoms with Crippen molar-refractivity contribution in [2.75, 3.05) is 0 Å². The number of rotatable bonds is 2. The molecule has 0 saturated heterocycles. The number of ether oxygens (including phenoxy) is 1. The number of hydrogen-bond acceptors (Lipinski definition) is 2. The summed E-state index contributed by atoms with van der Waals surface area (Å²) >= 11 is 0. The molecule has 0 atom stereocenters. The van der Waals surface area contributed by atoms with E-state index in [9.17, 15) is 9.18 Å². The normalized spacial score (nSPS) is 11.8. The Morgan fingerprint density at radius 2 is 2.00 bits per heavy atom. The van der Waals surface area contributed by atoms with E-state index in [0.29, 0.717) is 0 Å². The van der Waals surface area contributed by atoms with Crippen LogP contribution in [-0.2, 0) is 4.74 Å². The lowest BCUT2D eigenvalue weighted by molar-refractivity contribution is 0.00647. The van der Waals surface area contributed by atoms with Gasteiger partial charge in [-0.1, -0.05) is 18.2 Å². The molecule has 1 rings (SSSR count). The molecule has 1 aromatic carbocycles. The van der Waals surface area contributed by atoms with E-state index in [4.69, 9.17) is 4.74 Å². The van der Waals surface area contributed by atoms with Crippen molar-refractivity contribution in [3.8, 4) is 0 Å². The molecule has 3 heteroatoms. The third kappa shape index (κ3) is 4.02. The van der Waals surface area contributed by atoms with Gasteiger partial charge in [0.15, 0.2) is 0 Å². The summed E-state index contributed by atoms with van der Waals surface area (Å²) in [6.07, 6.45) is 3.62. The van der Waals surface area contributed by atoms with Crippen LogP contribution in [0.2, 0.25) is 0 Å². The largest absolute Gasteiger partial charge is 0.456 e. The van der Waals surface area contributed by atoms with E-state index >= 15 is 0 Å². The fraction of sp³-hybridized carbons (Fsp3) is 0.357. The van der Waals surface area contributed by atoms with Gasteiger partial charge in [-0.3, -0.25) is 0 Å². The summed E-state index contributed by atoms with van der Waals surface area (Å²) in [7, 11) is 0. The average Bonchev–Trinajstić information content (AvgIpc) is 2.18. The number of allylic oxidation sites excluding steroid dienone is 1. The van der Waals surface area contributed by atoms with E-state index in [1.54, 1.807) is 32.9 Å². The van der Waals surface area contributed by atoms with E-state index in [1.807, 2.05) is 13.0 Å². The molecule has 0 amide bonds. The average molecular weight is 236 g/mol. The summed E-state index contributed by atoms with van der Waals surface area (Å²) in [5, 5.41) is 0. The third-order valence-corrected chi connectivity index (χ3v) is 1.97. The zero-order valence-electron chi connectivity index (χ0n) is 10.6. The Morgan fingerprint density at radius 3 is 2.53 bits per heavy atom. The lowest BCUT2D eigenvalue weighted by Gasteiger charge is -2.19. The standard InChI is InChI=1S/C14H17FO2/c1-5-6-10-7-8-12(15)11(9-10)13(16)17-14(2,3)4/h5-9H,1-4H3/b6-5+. The molecule has 0 spiro atoms. The number of esters is 1. The SMILES string of the molecule is C/C=C/c1ccc(F)c(C(=O)OC(C)(C)C)c1. The Balaban J connectivity index is 3.04. The predicted octanol–water partition coefficient (Wildman–Crippen LogP) is 3.81. The quantitative estimate of drug-likeness (QED) is 0.730. The van der Waals surface area contributed by atoms with Gasteiger partial charge in [0.05, 0.1) is 5.56 Å². The summed E-state index contributed by atoms with van der Waals surface area (Å²) in [6, 6.07) is 4.38. The molecule has 17 heavy (non-hydrogen) atoms. The summed E-state index contributed by atoms with van der Waals surface area (Å²) in [5.74, 6) is -1.20. The Morgan fingerprint density at radius 1 is 1.35 bits per heavy atom. The van der Waals surface area contributed by atoms with Gasteiger partial charge < -0.3 is 4.74 Å². The molecule has 0 fully saturated rings. The maximum atomic E-state index is 13.5. The predicted molar refractivity (Wildman–Crippen MR) is 66.3 cm³/mol. The summed E-state index contributed by atoms with van der Waals surface area (Å²) < 4.78 is 18.6. The molecular weight excluding hydrogens is 219 g/mol. The molecule has 1 aromatic rings. The highest BCUT2D eigenvalue weighted by atomic mass is 19.1. The van der Waals surface area contributed by atoms with Crippen LogP contribution < -0.4 is 0 Å². The van der Waals surface area contributed by atoms with Gasteiger partial charge in [0.25, 0.3) is 0 Å². The molecular formula is C14H17FO2. The first kappa shape index (κ1) is 13.4. The van der Waals surface area contributed by atoms with Crippen molar-refractivity contribution >= 4 is 12.0 Å². The number of carbonyl (C=O) groups is 1. The molecule has 0 aliphatic rings. The highest BCUT2D eigenvalue weighted by molar-refractivity contribution is 5.90. The van der Waals surface area contributed by atoms with E-state index in [2.05, 4.69) is 0 Å². The van der Waals surface area contributed by atoms with Crippen LogP contribution >= 0.6 is 0 Å². The van der Waals surface area contributed by atoms with Gasteiger partial charge in [-0.2, -0.15) is 0 Å². The monoisotopic (exact) mass is 236 g/mol. The molecule has 2 nitrogen and oxygen atoms in total. The molecule has 0 radical (unpaired) electrons. The van der Waals surface area contributed by atoms with Crippen LogP contribution in [0, 0.1) is 5.82 Å². The van der Waals surface area contributed by atoms with Gasteiger partial charge in [0.2, 0.25) is 0 Å². The van der Waals surface area contributed by atoms with Gasteiger partial charge in [-0.05, 0) is 45.4 Å². The molecule has 0 heterocycles. The third-order valence-electron chi connectivity index (χ3n) is 1.97. The van der Waals surface area contributed by atoms with E-state index in [1.165, 1.54) is 12.1 Å². The first-order valence-electron chi connectivity index (χ1n) is 5.49. The molecule has 0 aliphatic heterocycles. The number of hydrogen-bond donors (Lipinski definition) is 0. The van der Waals surface area contributed by atoms with Crippen LogP contribution in [-0.4, -0.2) is 11.6 Å². The number of benzene rings is 1. The molecule has 0 bridgehead atoms. The first-order valence-corrected chi connectivity index (χ1v) is 5.49. The Labute approximate surface area is 101 Å². The van der Waals surface area contributed by atoms with Crippen LogP contribution in [0.5, 0.6) is 0 Å². The molecule has 92 valence electrons. The zero-order chi connectivity index (χ0) is 13.1. The zero-order valence-corrected chi connectivity index (χ0v) is 10.6. The maximum absolute atomic E-state index is 13.5. The van der Waals surface area contributed by atoms with Crippen molar-refractivity contribution in [1.82, 2.24) is 0 Å².